The minimum atomic E-state index is -0.470. The van der Waals surface area contributed by atoms with Gasteiger partial charge in [0.25, 0.3) is 0 Å². The molecule has 0 unspecified atom stereocenters. The van der Waals surface area contributed by atoms with Crippen molar-refractivity contribution < 1.29 is 13.9 Å². The van der Waals surface area contributed by atoms with Gasteiger partial charge in [-0.05, 0) is 32.0 Å². The molecule has 0 spiro atoms. The normalized spacial score (nSPS) is 11.3. The molecule has 0 fully saturated rings. The quantitative estimate of drug-likeness (QED) is 0.398. The number of rotatable bonds is 9. The fourth-order valence-electron chi connectivity index (χ4n) is 3.86. The summed E-state index contributed by atoms with van der Waals surface area (Å²) in [5.74, 6) is 1.48. The lowest BCUT2D eigenvalue weighted by molar-refractivity contribution is 0.204. The number of hydrogen-bond acceptors (Lipinski definition) is 6. The number of hydrogen-bond donors (Lipinski definition) is 0. The maximum absolute atomic E-state index is 13.3. The third-order valence-corrected chi connectivity index (χ3v) is 5.34. The van der Waals surface area contributed by atoms with Crippen molar-refractivity contribution in [2.45, 2.75) is 13.8 Å². The van der Waals surface area contributed by atoms with E-state index in [-0.39, 0.29) is 6.54 Å². The molecule has 3 aromatic heterocycles. The zero-order valence-corrected chi connectivity index (χ0v) is 18.7. The van der Waals surface area contributed by atoms with E-state index in [0.29, 0.717) is 24.5 Å². The van der Waals surface area contributed by atoms with Crippen LogP contribution in [0.4, 0.5) is 10.2 Å². The van der Waals surface area contributed by atoms with Gasteiger partial charge in [-0.3, -0.25) is 0 Å². The standard InChI is InChI=1S/C23H27FN6O2/c1-16-14-21(28(11-8-24)12-13-31-3)30-23(26-16)22(17(2)27-30)19-7-6-18(15-20(19)32-4)29-10-5-9-25-29/h5-7,9-10,14-15H,8,11-13H2,1-4H3. The number of fused-ring (bicyclic) bond motifs is 1. The first-order valence-electron chi connectivity index (χ1n) is 10.4. The second kappa shape index (κ2) is 9.35. The Morgan fingerprint density at radius 3 is 2.66 bits per heavy atom. The monoisotopic (exact) mass is 438 g/mol. The Bertz CT molecular complexity index is 1210. The number of aromatic nitrogens is 5. The minimum absolute atomic E-state index is 0.248. The molecule has 168 valence electrons. The number of halogens is 1. The molecule has 0 saturated carbocycles. The topological polar surface area (TPSA) is 69.7 Å². The summed E-state index contributed by atoms with van der Waals surface area (Å²) in [7, 11) is 3.28. The minimum Gasteiger partial charge on any atom is -0.496 e. The average Bonchev–Trinajstić information content (AvgIpc) is 3.43. The van der Waals surface area contributed by atoms with E-state index in [1.807, 2.05) is 55.3 Å². The van der Waals surface area contributed by atoms with Crippen LogP contribution in [0.2, 0.25) is 0 Å². The van der Waals surface area contributed by atoms with Gasteiger partial charge in [0.2, 0.25) is 0 Å². The fraction of sp³-hybridized carbons (Fsp3) is 0.348. The highest BCUT2D eigenvalue weighted by molar-refractivity contribution is 5.85. The molecule has 0 aliphatic heterocycles. The molecule has 0 N–H and O–H groups in total. The van der Waals surface area contributed by atoms with Crippen LogP contribution in [0.1, 0.15) is 11.4 Å². The van der Waals surface area contributed by atoms with E-state index in [1.165, 1.54) is 0 Å². The highest BCUT2D eigenvalue weighted by Crippen LogP contribution is 2.37. The van der Waals surface area contributed by atoms with Gasteiger partial charge in [0.15, 0.2) is 5.65 Å². The van der Waals surface area contributed by atoms with Crippen molar-refractivity contribution in [3.05, 3.63) is 54.1 Å². The lowest BCUT2D eigenvalue weighted by Gasteiger charge is -2.24. The lowest BCUT2D eigenvalue weighted by atomic mass is 10.0. The van der Waals surface area contributed by atoms with Crippen molar-refractivity contribution in [1.82, 2.24) is 24.4 Å². The van der Waals surface area contributed by atoms with Gasteiger partial charge < -0.3 is 14.4 Å². The van der Waals surface area contributed by atoms with Crippen molar-refractivity contribution in [1.29, 1.82) is 0 Å². The Kier molecular flexibility index (Phi) is 6.36. The first-order valence-corrected chi connectivity index (χ1v) is 10.4. The lowest BCUT2D eigenvalue weighted by Crippen LogP contribution is -2.31. The molecule has 32 heavy (non-hydrogen) atoms. The molecule has 4 aromatic rings. The molecule has 9 heteroatoms. The number of ether oxygens (including phenoxy) is 2. The maximum atomic E-state index is 13.3. The van der Waals surface area contributed by atoms with E-state index < -0.39 is 6.67 Å². The van der Waals surface area contributed by atoms with Crippen molar-refractivity contribution in [3.63, 3.8) is 0 Å². The third-order valence-electron chi connectivity index (χ3n) is 5.34. The molecular weight excluding hydrogens is 411 g/mol. The number of benzene rings is 1. The van der Waals surface area contributed by atoms with Crippen LogP contribution in [0.5, 0.6) is 5.75 Å². The molecule has 0 aliphatic carbocycles. The van der Waals surface area contributed by atoms with Crippen LogP contribution in [-0.2, 0) is 4.74 Å². The maximum Gasteiger partial charge on any atom is 0.165 e. The molecule has 0 radical (unpaired) electrons. The first-order chi connectivity index (χ1) is 15.6. The van der Waals surface area contributed by atoms with Gasteiger partial charge in [-0.25, -0.2) is 14.1 Å². The van der Waals surface area contributed by atoms with Gasteiger partial charge in [0.1, 0.15) is 18.2 Å². The van der Waals surface area contributed by atoms with E-state index in [0.717, 1.165) is 34.0 Å². The molecular formula is C23H27FN6O2. The van der Waals surface area contributed by atoms with Gasteiger partial charge in [0.05, 0.1) is 30.7 Å². The Hall–Kier alpha value is -3.46. The highest BCUT2D eigenvalue weighted by atomic mass is 19.1. The summed E-state index contributed by atoms with van der Waals surface area (Å²) >= 11 is 0. The number of nitrogens with zero attached hydrogens (tertiary/aromatic N) is 6. The number of aryl methyl sites for hydroxylation is 2. The smallest absolute Gasteiger partial charge is 0.165 e. The first kappa shape index (κ1) is 21.8. The molecule has 0 amide bonds. The summed E-state index contributed by atoms with van der Waals surface area (Å²) in [4.78, 5) is 6.71. The van der Waals surface area contributed by atoms with Crippen LogP contribution in [-0.4, -0.2) is 65.0 Å². The largest absolute Gasteiger partial charge is 0.496 e. The van der Waals surface area contributed by atoms with Crippen molar-refractivity contribution in [2.24, 2.45) is 0 Å². The van der Waals surface area contributed by atoms with Crippen LogP contribution < -0.4 is 9.64 Å². The van der Waals surface area contributed by atoms with Crippen molar-refractivity contribution in [3.8, 4) is 22.6 Å². The van der Waals surface area contributed by atoms with Gasteiger partial charge in [-0.15, -0.1) is 0 Å². The zero-order chi connectivity index (χ0) is 22.7. The van der Waals surface area contributed by atoms with Gasteiger partial charge in [0, 0.05) is 56.0 Å². The second-order valence-corrected chi connectivity index (χ2v) is 7.46. The summed E-state index contributed by atoms with van der Waals surface area (Å²) in [6.45, 7) is 4.68. The summed E-state index contributed by atoms with van der Waals surface area (Å²) in [5.41, 5.74) is 4.98. The SMILES string of the molecule is COCCN(CCF)c1cc(C)nc2c(-c3ccc(-n4cccn4)cc3OC)c(C)nn12. The van der Waals surface area contributed by atoms with E-state index >= 15 is 0 Å². The van der Waals surface area contributed by atoms with Crippen LogP contribution >= 0.6 is 0 Å². The summed E-state index contributed by atoms with van der Waals surface area (Å²) in [6.07, 6.45) is 3.61. The number of anilines is 1. The molecule has 1 aromatic carbocycles. The van der Waals surface area contributed by atoms with Crippen LogP contribution in [0.25, 0.3) is 22.5 Å². The average molecular weight is 439 g/mol. The number of methoxy groups -OCH3 is 2. The van der Waals surface area contributed by atoms with E-state index in [9.17, 15) is 4.39 Å². The summed E-state index contributed by atoms with van der Waals surface area (Å²) in [6, 6.07) is 9.71. The predicted octanol–water partition coefficient (Wildman–Crippen LogP) is 3.63. The fourth-order valence-corrected chi connectivity index (χ4v) is 3.86. The Morgan fingerprint density at radius 1 is 1.12 bits per heavy atom. The molecule has 0 saturated heterocycles. The van der Waals surface area contributed by atoms with Crippen LogP contribution in [0, 0.1) is 13.8 Å². The zero-order valence-electron chi connectivity index (χ0n) is 18.7. The molecule has 3 heterocycles. The molecule has 0 bridgehead atoms. The molecule has 4 rings (SSSR count). The number of alkyl halides is 1. The third kappa shape index (κ3) is 4.03. The second-order valence-electron chi connectivity index (χ2n) is 7.46. The highest BCUT2D eigenvalue weighted by Gasteiger charge is 2.21. The van der Waals surface area contributed by atoms with Gasteiger partial charge in [-0.2, -0.15) is 14.7 Å². The van der Waals surface area contributed by atoms with E-state index in [2.05, 4.69) is 5.10 Å². The Labute approximate surface area is 186 Å². The Balaban J connectivity index is 1.87. The van der Waals surface area contributed by atoms with E-state index in [4.69, 9.17) is 19.6 Å². The molecule has 0 atom stereocenters. The van der Waals surface area contributed by atoms with Gasteiger partial charge >= 0.3 is 0 Å². The van der Waals surface area contributed by atoms with E-state index in [1.54, 1.807) is 29.6 Å². The van der Waals surface area contributed by atoms with Crippen molar-refractivity contribution in [2.75, 3.05) is 45.5 Å². The molecule has 0 aliphatic rings. The van der Waals surface area contributed by atoms with Crippen LogP contribution in [0.3, 0.4) is 0 Å². The molecule has 8 nitrogen and oxygen atoms in total. The predicted molar refractivity (Wildman–Crippen MR) is 122 cm³/mol. The van der Waals surface area contributed by atoms with Gasteiger partial charge in [-0.1, -0.05) is 0 Å². The Morgan fingerprint density at radius 2 is 1.97 bits per heavy atom. The summed E-state index contributed by atoms with van der Waals surface area (Å²) < 4.78 is 27.8. The van der Waals surface area contributed by atoms with Crippen molar-refractivity contribution >= 4 is 11.5 Å². The summed E-state index contributed by atoms with van der Waals surface area (Å²) in [5, 5.41) is 9.06. The van der Waals surface area contributed by atoms with Crippen LogP contribution in [0.15, 0.2) is 42.7 Å².